The highest BCUT2D eigenvalue weighted by atomic mass is 32.2. The number of rotatable bonds is 9. The third kappa shape index (κ3) is 4.73. The van der Waals surface area contributed by atoms with E-state index in [1.54, 1.807) is 13.8 Å². The van der Waals surface area contributed by atoms with E-state index in [0.717, 1.165) is 55.2 Å². The van der Waals surface area contributed by atoms with E-state index in [0.29, 0.717) is 0 Å². The molecule has 4 saturated carbocycles. The first-order chi connectivity index (χ1) is 16.1. The quantitative estimate of drug-likeness (QED) is 0.528. The molecule has 1 atom stereocenters. The zero-order valence-corrected chi connectivity index (χ0v) is 21.0. The number of nitrogens with zero attached hydrogens (tertiary/aromatic N) is 1. The first kappa shape index (κ1) is 25.1. The number of amides is 1. The molecule has 0 heterocycles. The minimum absolute atomic E-state index is 0.0219. The predicted molar refractivity (Wildman–Crippen MR) is 125 cm³/mol. The lowest BCUT2D eigenvalue weighted by Crippen LogP contribution is -2.56. The SMILES string of the molecule is CCN(CC)S(=O)(=O)c1ccc(F)c(C(=O)OCC(=O)NC(C)C23CC4CC(CC(C4)C2)C3)c1. The topological polar surface area (TPSA) is 92.8 Å². The van der Waals surface area contributed by atoms with E-state index in [1.165, 1.54) is 23.6 Å². The molecule has 4 fully saturated rings. The summed E-state index contributed by atoms with van der Waals surface area (Å²) < 4.78 is 46.0. The van der Waals surface area contributed by atoms with Crippen molar-refractivity contribution in [2.75, 3.05) is 19.7 Å². The van der Waals surface area contributed by atoms with Gasteiger partial charge in [-0.3, -0.25) is 4.79 Å². The molecular weight excluding hydrogens is 459 g/mol. The Morgan fingerprint density at radius 3 is 2.21 bits per heavy atom. The smallest absolute Gasteiger partial charge is 0.341 e. The fourth-order valence-corrected chi connectivity index (χ4v) is 8.37. The molecular formula is C25H35FN2O5S. The van der Waals surface area contributed by atoms with Gasteiger partial charge in [-0.25, -0.2) is 17.6 Å². The van der Waals surface area contributed by atoms with E-state index < -0.39 is 39.9 Å². The lowest BCUT2D eigenvalue weighted by atomic mass is 9.48. The molecule has 4 bridgehead atoms. The van der Waals surface area contributed by atoms with E-state index in [2.05, 4.69) is 5.32 Å². The fourth-order valence-electron chi connectivity index (χ4n) is 6.89. The third-order valence-corrected chi connectivity index (χ3v) is 10.3. The van der Waals surface area contributed by atoms with Gasteiger partial charge in [-0.15, -0.1) is 0 Å². The van der Waals surface area contributed by atoms with Gasteiger partial charge in [0, 0.05) is 19.1 Å². The van der Waals surface area contributed by atoms with Gasteiger partial charge in [0.1, 0.15) is 5.82 Å². The minimum Gasteiger partial charge on any atom is -0.452 e. The lowest BCUT2D eigenvalue weighted by molar-refractivity contribution is -0.128. The molecule has 0 radical (unpaired) electrons. The van der Waals surface area contributed by atoms with Crippen molar-refractivity contribution < 1.29 is 27.1 Å². The Kier molecular flexibility index (Phi) is 7.06. The zero-order chi connectivity index (χ0) is 24.7. The van der Waals surface area contributed by atoms with Gasteiger partial charge in [0.25, 0.3) is 5.91 Å². The minimum atomic E-state index is -3.86. The van der Waals surface area contributed by atoms with E-state index in [1.807, 2.05) is 6.92 Å². The van der Waals surface area contributed by atoms with Gasteiger partial charge < -0.3 is 10.1 Å². The number of nitrogens with one attached hydrogen (secondary N) is 1. The Balaban J connectivity index is 1.38. The van der Waals surface area contributed by atoms with Crippen molar-refractivity contribution in [2.24, 2.45) is 23.2 Å². The molecule has 5 rings (SSSR count). The Morgan fingerprint density at radius 2 is 1.68 bits per heavy atom. The van der Waals surface area contributed by atoms with E-state index >= 15 is 0 Å². The molecule has 0 aromatic heterocycles. The van der Waals surface area contributed by atoms with Crippen LogP contribution in [0.5, 0.6) is 0 Å². The van der Waals surface area contributed by atoms with Gasteiger partial charge in [-0.1, -0.05) is 13.8 Å². The molecule has 0 spiro atoms. The molecule has 9 heteroatoms. The fraction of sp³-hybridized carbons (Fsp3) is 0.680. The van der Waals surface area contributed by atoms with Gasteiger partial charge in [0.05, 0.1) is 10.5 Å². The number of carbonyl (C=O) groups excluding carboxylic acids is 2. The average Bonchev–Trinajstić information content (AvgIpc) is 2.77. The maximum Gasteiger partial charge on any atom is 0.341 e. The van der Waals surface area contributed by atoms with Gasteiger partial charge in [-0.05, 0) is 86.8 Å². The second-order valence-electron chi connectivity index (χ2n) is 10.4. The number of hydrogen-bond donors (Lipinski definition) is 1. The normalized spacial score (nSPS) is 28.7. The number of carbonyl (C=O) groups is 2. The molecule has 188 valence electrons. The summed E-state index contributed by atoms with van der Waals surface area (Å²) in [5.41, 5.74) is -0.386. The van der Waals surface area contributed by atoms with Crippen LogP contribution >= 0.6 is 0 Å². The van der Waals surface area contributed by atoms with Crippen molar-refractivity contribution in [2.45, 2.75) is 70.2 Å². The van der Waals surface area contributed by atoms with Crippen LogP contribution in [0.15, 0.2) is 23.1 Å². The monoisotopic (exact) mass is 494 g/mol. The first-order valence-corrected chi connectivity index (χ1v) is 13.8. The highest BCUT2D eigenvalue weighted by Crippen LogP contribution is 2.61. The summed E-state index contributed by atoms with van der Waals surface area (Å²) in [5.74, 6) is -0.120. The molecule has 4 aliphatic carbocycles. The van der Waals surface area contributed by atoms with Crippen LogP contribution in [0.1, 0.15) is 69.7 Å². The maximum atomic E-state index is 14.3. The maximum absolute atomic E-state index is 14.3. The van der Waals surface area contributed by atoms with Crippen LogP contribution in [0.3, 0.4) is 0 Å². The average molecular weight is 495 g/mol. The Labute approximate surface area is 201 Å². The number of hydrogen-bond acceptors (Lipinski definition) is 5. The first-order valence-electron chi connectivity index (χ1n) is 12.3. The van der Waals surface area contributed by atoms with Crippen molar-refractivity contribution in [1.82, 2.24) is 9.62 Å². The largest absolute Gasteiger partial charge is 0.452 e. The second-order valence-corrected chi connectivity index (χ2v) is 12.3. The van der Waals surface area contributed by atoms with Crippen LogP contribution in [0, 0.1) is 29.0 Å². The summed E-state index contributed by atoms with van der Waals surface area (Å²) in [7, 11) is -3.86. The molecule has 1 unspecified atom stereocenters. The van der Waals surface area contributed by atoms with E-state index in [9.17, 15) is 22.4 Å². The molecule has 1 amide bonds. The van der Waals surface area contributed by atoms with Gasteiger partial charge in [-0.2, -0.15) is 4.31 Å². The third-order valence-electron chi connectivity index (χ3n) is 8.22. The Hall–Kier alpha value is -2.00. The highest BCUT2D eigenvalue weighted by molar-refractivity contribution is 7.89. The van der Waals surface area contributed by atoms with Crippen LogP contribution < -0.4 is 5.32 Å². The molecule has 4 aliphatic rings. The van der Waals surface area contributed by atoms with Crippen LogP contribution in [-0.4, -0.2) is 50.3 Å². The molecule has 1 aromatic rings. The number of halogens is 1. The Bertz CT molecular complexity index is 1020. The van der Waals surface area contributed by atoms with Crippen molar-refractivity contribution in [3.05, 3.63) is 29.6 Å². The standard InChI is InChI=1S/C25H35FN2O5S/c1-4-28(5-2)34(31,32)20-6-7-22(26)21(11-20)24(30)33-15-23(29)27-16(3)25-12-17-8-18(13-25)10-19(9-17)14-25/h6-7,11,16-19H,4-5,8-10,12-15H2,1-3H3,(H,27,29). The molecule has 1 aromatic carbocycles. The van der Waals surface area contributed by atoms with Crippen molar-refractivity contribution in [3.63, 3.8) is 0 Å². The van der Waals surface area contributed by atoms with Gasteiger partial charge in [0.15, 0.2) is 6.61 Å². The lowest BCUT2D eigenvalue weighted by Gasteiger charge is -2.59. The van der Waals surface area contributed by atoms with Gasteiger partial charge in [0.2, 0.25) is 10.0 Å². The summed E-state index contributed by atoms with van der Waals surface area (Å²) in [4.78, 5) is 24.9. The van der Waals surface area contributed by atoms with Crippen molar-refractivity contribution in [3.8, 4) is 0 Å². The van der Waals surface area contributed by atoms with Crippen LogP contribution in [0.25, 0.3) is 0 Å². The van der Waals surface area contributed by atoms with Crippen molar-refractivity contribution in [1.29, 1.82) is 0 Å². The van der Waals surface area contributed by atoms with Crippen molar-refractivity contribution >= 4 is 21.9 Å². The number of sulfonamides is 1. The highest BCUT2D eigenvalue weighted by Gasteiger charge is 2.53. The predicted octanol–water partition coefficient (Wildman–Crippen LogP) is 3.73. The van der Waals surface area contributed by atoms with E-state index in [-0.39, 0.29) is 29.4 Å². The zero-order valence-electron chi connectivity index (χ0n) is 20.2. The van der Waals surface area contributed by atoms with E-state index in [4.69, 9.17) is 4.74 Å². The summed E-state index contributed by atoms with van der Waals surface area (Å²) in [6, 6.07) is 3.01. The number of ether oxygens (including phenoxy) is 1. The van der Waals surface area contributed by atoms with Crippen LogP contribution in [0.2, 0.25) is 0 Å². The van der Waals surface area contributed by atoms with Gasteiger partial charge >= 0.3 is 5.97 Å². The molecule has 7 nitrogen and oxygen atoms in total. The molecule has 34 heavy (non-hydrogen) atoms. The molecule has 0 aliphatic heterocycles. The number of esters is 1. The van der Waals surface area contributed by atoms with Crippen LogP contribution in [0.4, 0.5) is 4.39 Å². The molecule has 1 N–H and O–H groups in total. The summed E-state index contributed by atoms with van der Waals surface area (Å²) >= 11 is 0. The summed E-state index contributed by atoms with van der Waals surface area (Å²) in [6.45, 7) is 5.39. The summed E-state index contributed by atoms with van der Waals surface area (Å²) in [6.07, 6.45) is 7.35. The Morgan fingerprint density at radius 1 is 1.12 bits per heavy atom. The van der Waals surface area contributed by atoms with Crippen LogP contribution in [-0.2, 0) is 19.6 Å². The number of benzene rings is 1. The second kappa shape index (κ2) is 9.57. The summed E-state index contributed by atoms with van der Waals surface area (Å²) in [5, 5.41) is 3.01. The molecule has 0 saturated heterocycles.